The monoisotopic (exact) mass is 311 g/mol. The van der Waals surface area contributed by atoms with Crippen molar-refractivity contribution in [2.75, 3.05) is 19.6 Å². The Morgan fingerprint density at radius 3 is 2.61 bits per heavy atom. The van der Waals surface area contributed by atoms with Crippen molar-refractivity contribution >= 4 is 0 Å². The molecule has 0 N–H and O–H groups in total. The van der Waals surface area contributed by atoms with Crippen LogP contribution in [0.3, 0.4) is 0 Å². The normalized spacial score (nSPS) is 24.2. The van der Waals surface area contributed by atoms with Crippen LogP contribution < -0.4 is 0 Å². The molecule has 0 radical (unpaired) electrons. The summed E-state index contributed by atoms with van der Waals surface area (Å²) in [6.07, 6.45) is 4.19. The third-order valence-corrected chi connectivity index (χ3v) is 5.56. The second-order valence-corrected chi connectivity index (χ2v) is 8.24. The van der Waals surface area contributed by atoms with Crippen LogP contribution in [0.4, 0.5) is 0 Å². The van der Waals surface area contributed by atoms with E-state index < -0.39 is 0 Å². The SMILES string of the molecule is CC(C)(C)C1CN(C2CCC2)CCN1Cc1cccc(C#N)c1. The van der Waals surface area contributed by atoms with Gasteiger partial charge in [0.1, 0.15) is 0 Å². The molecule has 1 aromatic carbocycles. The summed E-state index contributed by atoms with van der Waals surface area (Å²) in [7, 11) is 0. The molecule has 0 bridgehead atoms. The zero-order valence-corrected chi connectivity index (χ0v) is 14.8. The summed E-state index contributed by atoms with van der Waals surface area (Å²) >= 11 is 0. The van der Waals surface area contributed by atoms with Crippen LogP contribution in [0.2, 0.25) is 0 Å². The molecule has 3 heteroatoms. The number of hydrogen-bond donors (Lipinski definition) is 0. The second-order valence-electron chi connectivity index (χ2n) is 8.24. The summed E-state index contributed by atoms with van der Waals surface area (Å²) in [6.45, 7) is 11.5. The predicted octanol–water partition coefficient (Wildman–Crippen LogP) is 3.64. The number of nitriles is 1. The Labute approximate surface area is 140 Å². The van der Waals surface area contributed by atoms with Crippen molar-refractivity contribution in [2.24, 2.45) is 5.41 Å². The van der Waals surface area contributed by atoms with Crippen molar-refractivity contribution in [3.05, 3.63) is 35.4 Å². The fourth-order valence-corrected chi connectivity index (χ4v) is 3.91. The van der Waals surface area contributed by atoms with E-state index in [1.54, 1.807) is 0 Å². The largest absolute Gasteiger partial charge is 0.298 e. The van der Waals surface area contributed by atoms with Gasteiger partial charge >= 0.3 is 0 Å². The minimum atomic E-state index is 0.273. The lowest BCUT2D eigenvalue weighted by molar-refractivity contribution is -0.0209. The van der Waals surface area contributed by atoms with Gasteiger partial charge in [0.2, 0.25) is 0 Å². The highest BCUT2D eigenvalue weighted by molar-refractivity contribution is 5.32. The molecule has 1 unspecified atom stereocenters. The van der Waals surface area contributed by atoms with Crippen LogP contribution in [-0.2, 0) is 6.54 Å². The Morgan fingerprint density at radius 1 is 1.22 bits per heavy atom. The van der Waals surface area contributed by atoms with E-state index in [-0.39, 0.29) is 5.41 Å². The van der Waals surface area contributed by atoms with E-state index in [0.717, 1.165) is 24.7 Å². The summed E-state index contributed by atoms with van der Waals surface area (Å²) in [5.74, 6) is 0. The first-order chi connectivity index (χ1) is 11.0. The van der Waals surface area contributed by atoms with Gasteiger partial charge in [0.05, 0.1) is 11.6 Å². The summed E-state index contributed by atoms with van der Waals surface area (Å²) < 4.78 is 0. The highest BCUT2D eigenvalue weighted by Gasteiger charge is 2.38. The van der Waals surface area contributed by atoms with Crippen molar-refractivity contribution < 1.29 is 0 Å². The van der Waals surface area contributed by atoms with Crippen LogP contribution in [0.5, 0.6) is 0 Å². The molecule has 0 spiro atoms. The van der Waals surface area contributed by atoms with Crippen molar-refractivity contribution in [3.8, 4) is 6.07 Å². The Bertz CT molecular complexity index is 577. The number of rotatable bonds is 3. The molecular weight excluding hydrogens is 282 g/mol. The Hall–Kier alpha value is -1.37. The molecule has 1 atom stereocenters. The fourth-order valence-electron chi connectivity index (χ4n) is 3.91. The van der Waals surface area contributed by atoms with E-state index in [1.165, 1.54) is 37.9 Å². The lowest BCUT2D eigenvalue weighted by Crippen LogP contribution is -2.60. The maximum absolute atomic E-state index is 9.11. The first-order valence-electron chi connectivity index (χ1n) is 8.94. The first kappa shape index (κ1) is 16.5. The molecule has 3 rings (SSSR count). The molecule has 2 fully saturated rings. The minimum Gasteiger partial charge on any atom is -0.298 e. The molecule has 23 heavy (non-hydrogen) atoms. The highest BCUT2D eigenvalue weighted by Crippen LogP contribution is 2.33. The molecule has 3 nitrogen and oxygen atoms in total. The summed E-state index contributed by atoms with van der Waals surface area (Å²) in [5.41, 5.74) is 2.30. The number of benzene rings is 1. The number of piperazine rings is 1. The van der Waals surface area contributed by atoms with Gasteiger partial charge in [-0.15, -0.1) is 0 Å². The van der Waals surface area contributed by atoms with Crippen LogP contribution in [0.25, 0.3) is 0 Å². The zero-order chi connectivity index (χ0) is 16.4. The van der Waals surface area contributed by atoms with Gasteiger partial charge in [-0.05, 0) is 36.0 Å². The molecule has 0 amide bonds. The Kier molecular flexibility index (Phi) is 4.75. The van der Waals surface area contributed by atoms with E-state index in [4.69, 9.17) is 5.26 Å². The lowest BCUT2D eigenvalue weighted by Gasteiger charge is -2.51. The topological polar surface area (TPSA) is 30.3 Å². The third kappa shape index (κ3) is 3.76. The lowest BCUT2D eigenvalue weighted by atomic mass is 9.82. The average molecular weight is 311 g/mol. The van der Waals surface area contributed by atoms with Crippen LogP contribution in [-0.4, -0.2) is 41.5 Å². The van der Waals surface area contributed by atoms with E-state index in [1.807, 2.05) is 18.2 Å². The van der Waals surface area contributed by atoms with E-state index in [2.05, 4.69) is 42.7 Å². The smallest absolute Gasteiger partial charge is 0.0991 e. The predicted molar refractivity (Wildman–Crippen MR) is 94.0 cm³/mol. The van der Waals surface area contributed by atoms with Gasteiger partial charge < -0.3 is 0 Å². The quantitative estimate of drug-likeness (QED) is 0.853. The van der Waals surface area contributed by atoms with Crippen molar-refractivity contribution in [3.63, 3.8) is 0 Å². The van der Waals surface area contributed by atoms with Crippen LogP contribution in [0.15, 0.2) is 24.3 Å². The van der Waals surface area contributed by atoms with Gasteiger partial charge in [0, 0.05) is 38.3 Å². The van der Waals surface area contributed by atoms with Gasteiger partial charge in [-0.3, -0.25) is 9.80 Å². The van der Waals surface area contributed by atoms with Crippen molar-refractivity contribution in [2.45, 2.75) is 58.7 Å². The third-order valence-electron chi connectivity index (χ3n) is 5.56. The van der Waals surface area contributed by atoms with Crippen molar-refractivity contribution in [1.82, 2.24) is 9.80 Å². The summed E-state index contributed by atoms with van der Waals surface area (Å²) in [6, 6.07) is 11.7. The standard InChI is InChI=1S/C20H29N3/c1-20(2,3)19-15-22(18-8-5-9-18)10-11-23(19)14-17-7-4-6-16(12-17)13-21/h4,6-7,12,18-19H,5,8-11,14-15H2,1-3H3. The van der Waals surface area contributed by atoms with Gasteiger partial charge in [-0.25, -0.2) is 0 Å². The van der Waals surface area contributed by atoms with Crippen LogP contribution >= 0.6 is 0 Å². The molecular formula is C20H29N3. The molecule has 2 aliphatic rings. The highest BCUT2D eigenvalue weighted by atomic mass is 15.3. The van der Waals surface area contributed by atoms with Gasteiger partial charge in [-0.1, -0.05) is 39.3 Å². The molecule has 0 aromatic heterocycles. The molecule has 1 heterocycles. The Balaban J connectivity index is 1.73. The summed E-state index contributed by atoms with van der Waals surface area (Å²) in [4.78, 5) is 5.35. The van der Waals surface area contributed by atoms with Crippen LogP contribution in [0, 0.1) is 16.7 Å². The summed E-state index contributed by atoms with van der Waals surface area (Å²) in [5, 5.41) is 9.11. The van der Waals surface area contributed by atoms with Gasteiger partial charge in [-0.2, -0.15) is 5.26 Å². The van der Waals surface area contributed by atoms with Gasteiger partial charge in [0.25, 0.3) is 0 Å². The molecule has 124 valence electrons. The Morgan fingerprint density at radius 2 is 2.00 bits per heavy atom. The molecule has 1 saturated carbocycles. The molecule has 1 aromatic rings. The molecule has 1 saturated heterocycles. The fraction of sp³-hybridized carbons (Fsp3) is 0.650. The minimum absolute atomic E-state index is 0.273. The maximum atomic E-state index is 9.11. The number of hydrogen-bond acceptors (Lipinski definition) is 3. The average Bonchev–Trinajstić information content (AvgIpc) is 2.46. The second kappa shape index (κ2) is 6.63. The first-order valence-corrected chi connectivity index (χ1v) is 8.94. The molecule has 1 aliphatic heterocycles. The van der Waals surface area contributed by atoms with Gasteiger partial charge in [0.15, 0.2) is 0 Å². The van der Waals surface area contributed by atoms with E-state index in [0.29, 0.717) is 6.04 Å². The van der Waals surface area contributed by atoms with E-state index in [9.17, 15) is 0 Å². The molecule has 1 aliphatic carbocycles. The maximum Gasteiger partial charge on any atom is 0.0991 e. The number of nitrogens with zero attached hydrogens (tertiary/aromatic N) is 3. The van der Waals surface area contributed by atoms with E-state index >= 15 is 0 Å². The van der Waals surface area contributed by atoms with Crippen LogP contribution in [0.1, 0.15) is 51.2 Å². The van der Waals surface area contributed by atoms with Crippen molar-refractivity contribution in [1.29, 1.82) is 5.26 Å². The zero-order valence-electron chi connectivity index (χ0n) is 14.8.